The monoisotopic (exact) mass is 296 g/mol. The van der Waals surface area contributed by atoms with E-state index in [1.54, 1.807) is 0 Å². The van der Waals surface area contributed by atoms with E-state index in [4.69, 9.17) is 0 Å². The molecule has 1 aromatic carbocycles. The number of aryl methyl sites for hydroxylation is 2. The second-order valence-corrected chi connectivity index (χ2v) is 5.76. The van der Waals surface area contributed by atoms with Crippen LogP contribution in [-0.2, 0) is 0 Å². The van der Waals surface area contributed by atoms with Crippen LogP contribution < -0.4 is 10.2 Å². The van der Waals surface area contributed by atoms with Gasteiger partial charge in [-0.1, -0.05) is 22.9 Å². The van der Waals surface area contributed by atoms with E-state index in [-0.39, 0.29) is 0 Å². The van der Waals surface area contributed by atoms with E-state index < -0.39 is 0 Å². The first-order valence-corrected chi connectivity index (χ1v) is 7.17. The van der Waals surface area contributed by atoms with Crippen molar-refractivity contribution in [2.45, 2.75) is 33.2 Å². The third kappa shape index (κ3) is 2.66. The van der Waals surface area contributed by atoms with E-state index in [1.165, 1.54) is 27.7 Å². The van der Waals surface area contributed by atoms with Gasteiger partial charge in [-0.25, -0.2) is 0 Å². The molecule has 2 nitrogen and oxygen atoms in total. The predicted molar refractivity (Wildman–Crippen MR) is 77.9 cm³/mol. The number of benzene rings is 1. The van der Waals surface area contributed by atoms with Crippen LogP contribution in [0.1, 0.15) is 24.5 Å². The highest BCUT2D eigenvalue weighted by Gasteiger charge is 2.23. The van der Waals surface area contributed by atoms with Gasteiger partial charge in [-0.2, -0.15) is 0 Å². The number of anilines is 1. The fourth-order valence-electron chi connectivity index (χ4n) is 2.78. The van der Waals surface area contributed by atoms with Gasteiger partial charge in [-0.15, -0.1) is 0 Å². The molecule has 1 N–H and O–H groups in total. The van der Waals surface area contributed by atoms with Gasteiger partial charge in [0, 0.05) is 35.8 Å². The Hall–Kier alpha value is -0.540. The summed E-state index contributed by atoms with van der Waals surface area (Å²) >= 11 is 3.57. The molecule has 0 bridgehead atoms. The van der Waals surface area contributed by atoms with Crippen LogP contribution in [0.2, 0.25) is 0 Å². The van der Waals surface area contributed by atoms with E-state index in [0.717, 1.165) is 19.6 Å². The zero-order valence-corrected chi connectivity index (χ0v) is 12.5. The summed E-state index contributed by atoms with van der Waals surface area (Å²) in [5, 5.41) is 3.48. The Kier molecular flexibility index (Phi) is 4.10. The van der Waals surface area contributed by atoms with Crippen LogP contribution in [-0.4, -0.2) is 25.7 Å². The Morgan fingerprint density at radius 3 is 2.59 bits per heavy atom. The van der Waals surface area contributed by atoms with E-state index >= 15 is 0 Å². The Bertz CT molecular complexity index is 380. The first-order valence-electron chi connectivity index (χ1n) is 6.37. The minimum Gasteiger partial charge on any atom is -0.366 e. The molecule has 0 saturated carbocycles. The molecule has 0 spiro atoms. The summed E-state index contributed by atoms with van der Waals surface area (Å²) in [5.74, 6) is 0. The van der Waals surface area contributed by atoms with E-state index in [9.17, 15) is 0 Å². The van der Waals surface area contributed by atoms with Gasteiger partial charge in [-0.05, 0) is 43.5 Å². The summed E-state index contributed by atoms with van der Waals surface area (Å²) < 4.78 is 1.18. The Morgan fingerprint density at radius 2 is 2.00 bits per heavy atom. The van der Waals surface area contributed by atoms with Crippen molar-refractivity contribution in [1.29, 1.82) is 0 Å². The highest BCUT2D eigenvalue weighted by Crippen LogP contribution is 2.30. The van der Waals surface area contributed by atoms with Crippen molar-refractivity contribution in [2.75, 3.05) is 24.5 Å². The van der Waals surface area contributed by atoms with Crippen molar-refractivity contribution in [3.8, 4) is 0 Å². The van der Waals surface area contributed by atoms with Gasteiger partial charge in [0.25, 0.3) is 0 Å². The van der Waals surface area contributed by atoms with Crippen molar-refractivity contribution in [2.24, 2.45) is 0 Å². The van der Waals surface area contributed by atoms with Crippen LogP contribution in [0.5, 0.6) is 0 Å². The molecule has 1 saturated heterocycles. The van der Waals surface area contributed by atoms with Crippen molar-refractivity contribution in [3.63, 3.8) is 0 Å². The first-order chi connectivity index (χ1) is 8.13. The number of nitrogens with one attached hydrogen (secondary N) is 1. The third-order valence-electron chi connectivity index (χ3n) is 3.56. The number of nitrogens with zero attached hydrogens (tertiary/aromatic N) is 1. The Balaban J connectivity index is 2.38. The molecular weight excluding hydrogens is 276 g/mol. The number of piperazine rings is 1. The topological polar surface area (TPSA) is 15.3 Å². The molecule has 0 radical (unpaired) electrons. The molecule has 1 aromatic rings. The standard InChI is InChI=1S/C14H21BrN2/c1-4-13-9-16-5-6-17(13)14-10(2)7-12(15)8-11(14)3/h7-8,13,16H,4-6,9H2,1-3H3. The lowest BCUT2D eigenvalue weighted by Crippen LogP contribution is -2.51. The van der Waals surface area contributed by atoms with Crippen LogP contribution in [0.3, 0.4) is 0 Å². The molecule has 94 valence electrons. The molecular formula is C14H21BrN2. The summed E-state index contributed by atoms with van der Waals surface area (Å²) in [4.78, 5) is 2.58. The number of hydrogen-bond donors (Lipinski definition) is 1. The first kappa shape index (κ1) is 12.9. The largest absolute Gasteiger partial charge is 0.366 e. The van der Waals surface area contributed by atoms with Gasteiger partial charge in [0.1, 0.15) is 0 Å². The van der Waals surface area contributed by atoms with Gasteiger partial charge < -0.3 is 10.2 Å². The molecule has 0 amide bonds. The number of hydrogen-bond acceptors (Lipinski definition) is 2. The maximum Gasteiger partial charge on any atom is 0.0429 e. The van der Waals surface area contributed by atoms with Crippen LogP contribution in [0.15, 0.2) is 16.6 Å². The lowest BCUT2D eigenvalue weighted by molar-refractivity contribution is 0.465. The molecule has 3 heteroatoms. The Morgan fingerprint density at radius 1 is 1.35 bits per heavy atom. The van der Waals surface area contributed by atoms with Crippen molar-refractivity contribution in [3.05, 3.63) is 27.7 Å². The number of rotatable bonds is 2. The molecule has 2 rings (SSSR count). The second-order valence-electron chi connectivity index (χ2n) is 4.85. The molecule has 17 heavy (non-hydrogen) atoms. The van der Waals surface area contributed by atoms with Crippen LogP contribution in [0.25, 0.3) is 0 Å². The fraction of sp³-hybridized carbons (Fsp3) is 0.571. The van der Waals surface area contributed by atoms with Gasteiger partial charge in [0.15, 0.2) is 0 Å². The zero-order chi connectivity index (χ0) is 12.4. The average molecular weight is 297 g/mol. The maximum atomic E-state index is 3.57. The average Bonchev–Trinajstić information content (AvgIpc) is 2.28. The summed E-state index contributed by atoms with van der Waals surface area (Å²) in [6, 6.07) is 5.07. The third-order valence-corrected chi connectivity index (χ3v) is 4.02. The second kappa shape index (κ2) is 5.40. The molecule has 1 aliphatic rings. The highest BCUT2D eigenvalue weighted by atomic mass is 79.9. The SMILES string of the molecule is CCC1CNCCN1c1c(C)cc(Br)cc1C. The predicted octanol–water partition coefficient (Wildman–Crippen LogP) is 3.25. The van der Waals surface area contributed by atoms with Crippen LogP contribution >= 0.6 is 15.9 Å². The van der Waals surface area contributed by atoms with Gasteiger partial charge in [-0.3, -0.25) is 0 Å². The van der Waals surface area contributed by atoms with Gasteiger partial charge in [0.2, 0.25) is 0 Å². The van der Waals surface area contributed by atoms with Crippen molar-refractivity contribution >= 4 is 21.6 Å². The van der Waals surface area contributed by atoms with Crippen LogP contribution in [0.4, 0.5) is 5.69 Å². The lowest BCUT2D eigenvalue weighted by Gasteiger charge is -2.39. The molecule has 1 unspecified atom stereocenters. The fourth-order valence-corrected chi connectivity index (χ4v) is 3.46. The lowest BCUT2D eigenvalue weighted by atomic mass is 10.0. The highest BCUT2D eigenvalue weighted by molar-refractivity contribution is 9.10. The summed E-state index contributed by atoms with van der Waals surface area (Å²) in [6.07, 6.45) is 1.20. The summed E-state index contributed by atoms with van der Waals surface area (Å²) in [5.41, 5.74) is 4.18. The quantitative estimate of drug-likeness (QED) is 0.901. The van der Waals surface area contributed by atoms with E-state index in [1.807, 2.05) is 0 Å². The molecule has 1 aliphatic heterocycles. The smallest absolute Gasteiger partial charge is 0.0429 e. The molecule has 0 aromatic heterocycles. The van der Waals surface area contributed by atoms with Crippen molar-refractivity contribution in [1.82, 2.24) is 5.32 Å². The normalized spacial score (nSPS) is 20.7. The minimum absolute atomic E-state index is 0.627. The van der Waals surface area contributed by atoms with Gasteiger partial charge in [0.05, 0.1) is 0 Å². The summed E-state index contributed by atoms with van der Waals surface area (Å²) in [7, 11) is 0. The van der Waals surface area contributed by atoms with Crippen LogP contribution in [0, 0.1) is 13.8 Å². The van der Waals surface area contributed by atoms with Gasteiger partial charge >= 0.3 is 0 Å². The summed E-state index contributed by atoms with van der Waals surface area (Å²) in [6.45, 7) is 10.00. The molecule has 1 atom stereocenters. The minimum atomic E-state index is 0.627. The molecule has 1 heterocycles. The zero-order valence-electron chi connectivity index (χ0n) is 10.9. The molecule has 0 aliphatic carbocycles. The maximum absolute atomic E-state index is 3.57. The van der Waals surface area contributed by atoms with Crippen molar-refractivity contribution < 1.29 is 0 Å². The number of halogens is 1. The molecule has 1 fully saturated rings. The van der Waals surface area contributed by atoms with E-state index in [0.29, 0.717) is 6.04 Å². The Labute approximate surface area is 113 Å². The van der Waals surface area contributed by atoms with E-state index in [2.05, 4.69) is 59.1 Å².